The lowest BCUT2D eigenvalue weighted by Crippen LogP contribution is -2.36. The number of nitrogens with zero attached hydrogens (tertiary/aromatic N) is 2. The van der Waals surface area contributed by atoms with Crippen molar-refractivity contribution in [1.29, 1.82) is 0 Å². The number of aryl methyl sites for hydroxylation is 1. The summed E-state index contributed by atoms with van der Waals surface area (Å²) in [4.78, 5) is 30.1. The van der Waals surface area contributed by atoms with Crippen LogP contribution < -0.4 is 10.6 Å². The molecule has 7 nitrogen and oxygen atoms in total. The highest BCUT2D eigenvalue weighted by molar-refractivity contribution is 5.74. The Morgan fingerprint density at radius 1 is 1.42 bits per heavy atom. The molecule has 0 aliphatic carbocycles. The first-order valence-electron chi connectivity index (χ1n) is 6.02. The molecule has 0 spiro atoms. The summed E-state index contributed by atoms with van der Waals surface area (Å²) >= 11 is 0. The van der Waals surface area contributed by atoms with E-state index < -0.39 is 11.9 Å². The van der Waals surface area contributed by atoms with Crippen molar-refractivity contribution in [2.75, 3.05) is 6.54 Å². The molecule has 3 N–H and O–H groups in total. The fourth-order valence-corrected chi connectivity index (χ4v) is 1.36. The topological polar surface area (TPSA) is 104 Å². The van der Waals surface area contributed by atoms with Crippen LogP contribution in [0, 0.1) is 12.8 Å². The molecule has 0 radical (unpaired) electrons. The summed E-state index contributed by atoms with van der Waals surface area (Å²) in [7, 11) is 0. The maximum absolute atomic E-state index is 11.4. The van der Waals surface area contributed by atoms with Crippen molar-refractivity contribution >= 4 is 12.0 Å². The molecular formula is C12H18N4O3. The average molecular weight is 266 g/mol. The van der Waals surface area contributed by atoms with Gasteiger partial charge in [-0.3, -0.25) is 4.79 Å². The van der Waals surface area contributed by atoms with Gasteiger partial charge in [-0.2, -0.15) is 0 Å². The van der Waals surface area contributed by atoms with E-state index in [-0.39, 0.29) is 6.03 Å². The standard InChI is InChI=1S/C12H18N4O3/c1-8(11(17)18)3-5-14-12(19)15-7-10-4-6-13-9(2)16-10/h4,6,8H,3,5,7H2,1-2H3,(H,17,18)(H2,14,15,19). The first-order valence-corrected chi connectivity index (χ1v) is 6.02. The van der Waals surface area contributed by atoms with Crippen LogP contribution in [0.5, 0.6) is 0 Å². The number of carbonyl (C=O) groups excluding carboxylic acids is 1. The average Bonchev–Trinajstić information content (AvgIpc) is 2.36. The summed E-state index contributed by atoms with van der Waals surface area (Å²) in [5.41, 5.74) is 0.724. The third-order valence-electron chi connectivity index (χ3n) is 2.55. The molecule has 1 rings (SSSR count). The highest BCUT2D eigenvalue weighted by Gasteiger charge is 2.10. The Hall–Kier alpha value is -2.18. The first kappa shape index (κ1) is 14.9. The van der Waals surface area contributed by atoms with Crippen LogP contribution in [0.4, 0.5) is 4.79 Å². The van der Waals surface area contributed by atoms with Gasteiger partial charge in [-0.1, -0.05) is 6.92 Å². The number of aromatic nitrogens is 2. The van der Waals surface area contributed by atoms with Crippen LogP contribution in [0.25, 0.3) is 0 Å². The molecule has 104 valence electrons. The van der Waals surface area contributed by atoms with Crippen molar-refractivity contribution in [2.45, 2.75) is 26.8 Å². The minimum Gasteiger partial charge on any atom is -0.481 e. The molecule has 1 heterocycles. The van der Waals surface area contributed by atoms with E-state index in [4.69, 9.17) is 5.11 Å². The largest absolute Gasteiger partial charge is 0.481 e. The Morgan fingerprint density at radius 2 is 2.16 bits per heavy atom. The van der Waals surface area contributed by atoms with Crippen molar-refractivity contribution in [1.82, 2.24) is 20.6 Å². The SMILES string of the molecule is Cc1nccc(CNC(=O)NCCC(C)C(=O)O)n1. The fraction of sp³-hybridized carbons (Fsp3) is 0.500. The van der Waals surface area contributed by atoms with Gasteiger partial charge in [-0.25, -0.2) is 14.8 Å². The van der Waals surface area contributed by atoms with Crippen LogP contribution in [-0.4, -0.2) is 33.6 Å². The highest BCUT2D eigenvalue weighted by Crippen LogP contribution is 1.99. The molecule has 2 amide bonds. The number of nitrogens with one attached hydrogen (secondary N) is 2. The molecule has 0 fully saturated rings. The number of hydrogen-bond donors (Lipinski definition) is 3. The number of urea groups is 1. The normalized spacial score (nSPS) is 11.7. The number of carbonyl (C=O) groups is 2. The molecular weight excluding hydrogens is 248 g/mol. The van der Waals surface area contributed by atoms with E-state index in [9.17, 15) is 9.59 Å². The molecule has 0 aliphatic rings. The lowest BCUT2D eigenvalue weighted by Gasteiger charge is -2.09. The third-order valence-corrected chi connectivity index (χ3v) is 2.55. The molecule has 0 saturated carbocycles. The monoisotopic (exact) mass is 266 g/mol. The van der Waals surface area contributed by atoms with E-state index in [1.807, 2.05) is 0 Å². The van der Waals surface area contributed by atoms with E-state index >= 15 is 0 Å². The number of carboxylic acids is 1. The van der Waals surface area contributed by atoms with Gasteiger partial charge in [-0.15, -0.1) is 0 Å². The smallest absolute Gasteiger partial charge is 0.315 e. The number of rotatable bonds is 6. The van der Waals surface area contributed by atoms with Crippen molar-refractivity contribution in [3.05, 3.63) is 23.8 Å². The molecule has 19 heavy (non-hydrogen) atoms. The summed E-state index contributed by atoms with van der Waals surface area (Å²) in [5, 5.41) is 13.9. The van der Waals surface area contributed by atoms with Gasteiger partial charge in [-0.05, 0) is 19.4 Å². The third kappa shape index (κ3) is 5.80. The van der Waals surface area contributed by atoms with E-state index in [1.54, 1.807) is 26.1 Å². The van der Waals surface area contributed by atoms with Crippen LogP contribution in [0.2, 0.25) is 0 Å². The Morgan fingerprint density at radius 3 is 2.79 bits per heavy atom. The molecule has 7 heteroatoms. The minimum atomic E-state index is -0.862. The number of amides is 2. The van der Waals surface area contributed by atoms with Crippen molar-refractivity contribution in [3.63, 3.8) is 0 Å². The van der Waals surface area contributed by atoms with Crippen LogP contribution >= 0.6 is 0 Å². The Labute approximate surface area is 111 Å². The molecule has 1 unspecified atom stereocenters. The van der Waals surface area contributed by atoms with Gasteiger partial charge >= 0.3 is 12.0 Å². The van der Waals surface area contributed by atoms with E-state index in [2.05, 4.69) is 20.6 Å². The maximum atomic E-state index is 11.4. The lowest BCUT2D eigenvalue weighted by atomic mass is 10.1. The summed E-state index contributed by atoms with van der Waals surface area (Å²) in [5.74, 6) is -0.682. The molecule has 1 atom stereocenters. The predicted molar refractivity (Wildman–Crippen MR) is 68.4 cm³/mol. The van der Waals surface area contributed by atoms with Gasteiger partial charge < -0.3 is 15.7 Å². The second kappa shape index (κ2) is 7.30. The zero-order valence-corrected chi connectivity index (χ0v) is 11.0. The quantitative estimate of drug-likeness (QED) is 0.703. The molecule has 0 aliphatic heterocycles. The van der Waals surface area contributed by atoms with Crippen molar-refractivity contribution < 1.29 is 14.7 Å². The van der Waals surface area contributed by atoms with Crippen LogP contribution in [0.3, 0.4) is 0 Å². The molecule has 0 aromatic carbocycles. The Balaban J connectivity index is 2.23. The van der Waals surface area contributed by atoms with Gasteiger partial charge in [0.25, 0.3) is 0 Å². The summed E-state index contributed by atoms with van der Waals surface area (Å²) in [6.45, 7) is 4.01. The number of hydrogen-bond acceptors (Lipinski definition) is 4. The van der Waals surface area contributed by atoms with E-state index in [0.717, 1.165) is 5.69 Å². The van der Waals surface area contributed by atoms with Crippen molar-refractivity contribution in [3.8, 4) is 0 Å². The maximum Gasteiger partial charge on any atom is 0.315 e. The highest BCUT2D eigenvalue weighted by atomic mass is 16.4. The van der Waals surface area contributed by atoms with Gasteiger partial charge in [0.2, 0.25) is 0 Å². The Bertz CT molecular complexity index is 450. The van der Waals surface area contributed by atoms with Gasteiger partial charge in [0.05, 0.1) is 18.2 Å². The molecule has 1 aromatic heterocycles. The first-order chi connectivity index (χ1) is 8.99. The minimum absolute atomic E-state index is 0.309. The second-order valence-corrected chi connectivity index (χ2v) is 4.23. The molecule has 1 aromatic rings. The predicted octanol–water partition coefficient (Wildman–Crippen LogP) is 0.695. The molecule has 0 bridgehead atoms. The summed E-state index contributed by atoms with van der Waals surface area (Å²) in [6, 6.07) is 1.38. The lowest BCUT2D eigenvalue weighted by molar-refractivity contribution is -0.141. The molecule has 0 saturated heterocycles. The Kier molecular flexibility index (Phi) is 5.72. The summed E-state index contributed by atoms with van der Waals surface area (Å²) < 4.78 is 0. The zero-order chi connectivity index (χ0) is 14.3. The van der Waals surface area contributed by atoms with Crippen LogP contribution in [-0.2, 0) is 11.3 Å². The van der Waals surface area contributed by atoms with Gasteiger partial charge in [0.15, 0.2) is 0 Å². The van der Waals surface area contributed by atoms with Gasteiger partial charge in [0.1, 0.15) is 5.82 Å². The zero-order valence-electron chi connectivity index (χ0n) is 11.0. The van der Waals surface area contributed by atoms with Crippen LogP contribution in [0.15, 0.2) is 12.3 Å². The second-order valence-electron chi connectivity index (χ2n) is 4.23. The van der Waals surface area contributed by atoms with E-state index in [1.165, 1.54) is 0 Å². The van der Waals surface area contributed by atoms with Gasteiger partial charge in [0, 0.05) is 12.7 Å². The van der Waals surface area contributed by atoms with Crippen molar-refractivity contribution in [2.24, 2.45) is 5.92 Å². The fourth-order valence-electron chi connectivity index (χ4n) is 1.36. The summed E-state index contributed by atoms with van der Waals surface area (Å²) in [6.07, 6.45) is 2.03. The van der Waals surface area contributed by atoms with Crippen LogP contribution in [0.1, 0.15) is 24.9 Å². The number of carboxylic acid groups (broad SMARTS) is 1. The number of aliphatic carboxylic acids is 1. The van der Waals surface area contributed by atoms with E-state index in [0.29, 0.717) is 25.3 Å².